The summed E-state index contributed by atoms with van der Waals surface area (Å²) < 4.78 is 0. The standard InChI is InChI=1S/C11H21N/c1-3-9-4-5-10(7-9)12-11-6-8(11)2/h8-12H,3-7H2,1-2H3. The molecule has 0 saturated heterocycles. The molecule has 2 saturated carbocycles. The molecule has 2 aliphatic carbocycles. The van der Waals surface area contributed by atoms with E-state index in [-0.39, 0.29) is 0 Å². The Balaban J connectivity index is 1.69. The van der Waals surface area contributed by atoms with Crippen LogP contribution < -0.4 is 5.32 Å². The topological polar surface area (TPSA) is 12.0 Å². The second kappa shape index (κ2) is 3.37. The first-order valence-corrected chi connectivity index (χ1v) is 5.55. The molecule has 0 heterocycles. The Morgan fingerprint density at radius 2 is 2.00 bits per heavy atom. The first kappa shape index (κ1) is 8.55. The van der Waals surface area contributed by atoms with Gasteiger partial charge in [-0.15, -0.1) is 0 Å². The molecule has 0 radical (unpaired) electrons. The summed E-state index contributed by atoms with van der Waals surface area (Å²) in [5, 5.41) is 3.77. The molecule has 2 aliphatic rings. The van der Waals surface area contributed by atoms with Gasteiger partial charge < -0.3 is 5.32 Å². The summed E-state index contributed by atoms with van der Waals surface area (Å²) in [6.45, 7) is 4.68. The molecule has 70 valence electrons. The molecule has 12 heavy (non-hydrogen) atoms. The van der Waals surface area contributed by atoms with Gasteiger partial charge in [0.2, 0.25) is 0 Å². The molecule has 0 aromatic rings. The Morgan fingerprint density at radius 1 is 1.25 bits per heavy atom. The lowest BCUT2D eigenvalue weighted by molar-refractivity contribution is 0.468. The van der Waals surface area contributed by atoms with Gasteiger partial charge >= 0.3 is 0 Å². The fourth-order valence-corrected chi connectivity index (χ4v) is 2.45. The highest BCUT2D eigenvalue weighted by atomic mass is 15.0. The summed E-state index contributed by atoms with van der Waals surface area (Å²) in [7, 11) is 0. The van der Waals surface area contributed by atoms with Crippen LogP contribution in [-0.2, 0) is 0 Å². The number of hydrogen-bond donors (Lipinski definition) is 1. The van der Waals surface area contributed by atoms with Crippen molar-refractivity contribution >= 4 is 0 Å². The highest BCUT2D eigenvalue weighted by Gasteiger charge is 2.35. The normalized spacial score (nSPS) is 46.5. The number of hydrogen-bond acceptors (Lipinski definition) is 1. The molecule has 0 aliphatic heterocycles. The van der Waals surface area contributed by atoms with Crippen LogP contribution in [0.15, 0.2) is 0 Å². The molecule has 0 amide bonds. The van der Waals surface area contributed by atoms with Gasteiger partial charge in [-0.1, -0.05) is 20.3 Å². The molecule has 0 aromatic carbocycles. The molecule has 2 rings (SSSR count). The lowest BCUT2D eigenvalue weighted by Gasteiger charge is -2.11. The molecule has 4 atom stereocenters. The Morgan fingerprint density at radius 3 is 2.50 bits per heavy atom. The summed E-state index contributed by atoms with van der Waals surface area (Å²) in [6.07, 6.45) is 7.16. The van der Waals surface area contributed by atoms with Crippen molar-refractivity contribution in [1.82, 2.24) is 5.32 Å². The first-order valence-electron chi connectivity index (χ1n) is 5.55. The molecular formula is C11H21N. The van der Waals surface area contributed by atoms with Crippen LogP contribution in [0.1, 0.15) is 46.0 Å². The van der Waals surface area contributed by atoms with Crippen molar-refractivity contribution in [1.29, 1.82) is 0 Å². The maximum atomic E-state index is 3.77. The van der Waals surface area contributed by atoms with Gasteiger partial charge in [0.25, 0.3) is 0 Å². The second-order valence-corrected chi connectivity index (χ2v) is 4.77. The van der Waals surface area contributed by atoms with Crippen LogP contribution in [0, 0.1) is 11.8 Å². The maximum absolute atomic E-state index is 3.77. The third kappa shape index (κ3) is 1.82. The fourth-order valence-electron chi connectivity index (χ4n) is 2.45. The molecular weight excluding hydrogens is 146 g/mol. The predicted molar refractivity (Wildman–Crippen MR) is 52.1 cm³/mol. The fraction of sp³-hybridized carbons (Fsp3) is 1.00. The molecule has 1 N–H and O–H groups in total. The Bertz CT molecular complexity index is 155. The third-order valence-electron chi connectivity index (χ3n) is 3.68. The zero-order chi connectivity index (χ0) is 8.55. The van der Waals surface area contributed by atoms with Crippen LogP contribution in [0.2, 0.25) is 0 Å². The summed E-state index contributed by atoms with van der Waals surface area (Å²) in [5.74, 6) is 1.99. The van der Waals surface area contributed by atoms with Gasteiger partial charge in [0.15, 0.2) is 0 Å². The van der Waals surface area contributed by atoms with Crippen LogP contribution in [0.3, 0.4) is 0 Å². The van der Waals surface area contributed by atoms with E-state index < -0.39 is 0 Å². The summed E-state index contributed by atoms with van der Waals surface area (Å²) >= 11 is 0. The van der Waals surface area contributed by atoms with Crippen LogP contribution in [0.5, 0.6) is 0 Å². The average Bonchev–Trinajstić information content (AvgIpc) is 2.61. The highest BCUT2D eigenvalue weighted by molar-refractivity contribution is 4.93. The minimum atomic E-state index is 0.866. The van der Waals surface area contributed by atoms with Gasteiger partial charge in [-0.25, -0.2) is 0 Å². The van der Waals surface area contributed by atoms with Crippen molar-refractivity contribution in [3.05, 3.63) is 0 Å². The van der Waals surface area contributed by atoms with Crippen molar-refractivity contribution in [3.63, 3.8) is 0 Å². The third-order valence-corrected chi connectivity index (χ3v) is 3.68. The van der Waals surface area contributed by atoms with Gasteiger partial charge in [-0.2, -0.15) is 0 Å². The van der Waals surface area contributed by atoms with Crippen molar-refractivity contribution < 1.29 is 0 Å². The molecule has 1 heteroatoms. The van der Waals surface area contributed by atoms with Crippen LogP contribution >= 0.6 is 0 Å². The first-order chi connectivity index (χ1) is 5.79. The minimum Gasteiger partial charge on any atom is -0.311 e. The van der Waals surface area contributed by atoms with E-state index in [1.807, 2.05) is 0 Å². The van der Waals surface area contributed by atoms with Gasteiger partial charge in [0.1, 0.15) is 0 Å². The van der Waals surface area contributed by atoms with Crippen molar-refractivity contribution in [2.24, 2.45) is 11.8 Å². The van der Waals surface area contributed by atoms with E-state index in [1.54, 1.807) is 0 Å². The van der Waals surface area contributed by atoms with E-state index >= 15 is 0 Å². The van der Waals surface area contributed by atoms with Crippen molar-refractivity contribution in [3.8, 4) is 0 Å². The number of rotatable bonds is 3. The second-order valence-electron chi connectivity index (χ2n) is 4.77. The van der Waals surface area contributed by atoms with E-state index in [2.05, 4.69) is 19.2 Å². The maximum Gasteiger partial charge on any atom is 0.00989 e. The molecule has 0 aromatic heterocycles. The Kier molecular flexibility index (Phi) is 2.40. The van der Waals surface area contributed by atoms with Crippen LogP contribution in [-0.4, -0.2) is 12.1 Å². The predicted octanol–water partition coefficient (Wildman–Crippen LogP) is 2.56. The lowest BCUT2D eigenvalue weighted by Crippen LogP contribution is -2.29. The van der Waals surface area contributed by atoms with Crippen LogP contribution in [0.25, 0.3) is 0 Å². The molecule has 2 fully saturated rings. The smallest absolute Gasteiger partial charge is 0.00989 e. The molecule has 0 spiro atoms. The van der Waals surface area contributed by atoms with Crippen LogP contribution in [0.4, 0.5) is 0 Å². The molecule has 1 nitrogen and oxygen atoms in total. The van der Waals surface area contributed by atoms with Gasteiger partial charge in [-0.3, -0.25) is 0 Å². The van der Waals surface area contributed by atoms with Crippen molar-refractivity contribution in [2.45, 2.75) is 58.0 Å². The number of nitrogens with one attached hydrogen (secondary N) is 1. The summed E-state index contributed by atoms with van der Waals surface area (Å²) in [6, 6.07) is 1.75. The summed E-state index contributed by atoms with van der Waals surface area (Å²) in [4.78, 5) is 0. The van der Waals surface area contributed by atoms with Gasteiger partial charge in [-0.05, 0) is 37.5 Å². The zero-order valence-corrected chi connectivity index (χ0v) is 8.34. The largest absolute Gasteiger partial charge is 0.311 e. The van der Waals surface area contributed by atoms with E-state index in [0.29, 0.717) is 0 Å². The Hall–Kier alpha value is -0.0400. The minimum absolute atomic E-state index is 0.866. The zero-order valence-electron chi connectivity index (χ0n) is 8.34. The van der Waals surface area contributed by atoms with E-state index in [0.717, 1.165) is 23.9 Å². The van der Waals surface area contributed by atoms with Gasteiger partial charge in [0.05, 0.1) is 0 Å². The molecule has 0 bridgehead atoms. The average molecular weight is 167 g/mol. The van der Waals surface area contributed by atoms with E-state index in [9.17, 15) is 0 Å². The lowest BCUT2D eigenvalue weighted by atomic mass is 10.1. The quantitative estimate of drug-likeness (QED) is 0.681. The van der Waals surface area contributed by atoms with E-state index in [1.165, 1.54) is 32.1 Å². The van der Waals surface area contributed by atoms with Gasteiger partial charge in [0, 0.05) is 12.1 Å². The van der Waals surface area contributed by atoms with E-state index in [4.69, 9.17) is 0 Å². The monoisotopic (exact) mass is 167 g/mol. The molecule has 4 unspecified atom stereocenters. The Labute approximate surface area is 75.9 Å². The SMILES string of the molecule is CCC1CCC(NC2CC2C)C1. The summed E-state index contributed by atoms with van der Waals surface area (Å²) in [5.41, 5.74) is 0. The van der Waals surface area contributed by atoms with Crippen molar-refractivity contribution in [2.75, 3.05) is 0 Å². The highest BCUT2D eigenvalue weighted by Crippen LogP contribution is 2.34.